The van der Waals surface area contributed by atoms with Crippen molar-refractivity contribution in [2.75, 3.05) is 0 Å². The molecule has 2 aromatic heterocycles. The highest BCUT2D eigenvalue weighted by Crippen LogP contribution is 2.15. The molecule has 1 aromatic carbocycles. The van der Waals surface area contributed by atoms with E-state index in [-0.39, 0.29) is 5.82 Å². The van der Waals surface area contributed by atoms with Gasteiger partial charge in [-0.3, -0.25) is 9.67 Å². The van der Waals surface area contributed by atoms with Gasteiger partial charge in [0.2, 0.25) is 0 Å². The molecule has 0 atom stereocenters. The third-order valence-electron chi connectivity index (χ3n) is 3.12. The maximum atomic E-state index is 6.99. The summed E-state index contributed by atoms with van der Waals surface area (Å²) in [6, 6.07) is 7.79. The first-order valence-corrected chi connectivity index (χ1v) is 6.87. The maximum absolute atomic E-state index is 6.99. The Labute approximate surface area is 128 Å². The first-order chi connectivity index (χ1) is 10.7. The highest BCUT2D eigenvalue weighted by atomic mass is 15.3. The molecule has 0 N–H and O–H groups in total. The third kappa shape index (κ3) is 2.79. The van der Waals surface area contributed by atoms with Crippen LogP contribution in [0.3, 0.4) is 0 Å². The SMILES string of the molecule is [C-]#[N+]c1cnc2ccc(C#Cc3ccn(C(C)C)n3)cc2n1. The van der Waals surface area contributed by atoms with Gasteiger partial charge < -0.3 is 4.85 Å². The minimum absolute atomic E-state index is 0.285. The average Bonchev–Trinajstić information content (AvgIpc) is 3.01. The van der Waals surface area contributed by atoms with Crippen LogP contribution in [0.2, 0.25) is 0 Å². The van der Waals surface area contributed by atoms with Crippen LogP contribution in [-0.4, -0.2) is 19.7 Å². The van der Waals surface area contributed by atoms with Gasteiger partial charge in [-0.1, -0.05) is 12.5 Å². The predicted octanol–water partition coefficient (Wildman–Crippen LogP) is 3.36. The molecule has 3 rings (SSSR count). The van der Waals surface area contributed by atoms with Gasteiger partial charge in [0.25, 0.3) is 5.82 Å². The zero-order valence-corrected chi connectivity index (χ0v) is 12.3. The molecular formula is C17H13N5. The van der Waals surface area contributed by atoms with E-state index in [1.165, 1.54) is 6.20 Å². The second-order valence-electron chi connectivity index (χ2n) is 5.07. The van der Waals surface area contributed by atoms with Crippen molar-refractivity contribution < 1.29 is 0 Å². The number of aromatic nitrogens is 4. The van der Waals surface area contributed by atoms with E-state index in [0.29, 0.717) is 11.6 Å². The van der Waals surface area contributed by atoms with E-state index in [1.807, 2.05) is 35.1 Å². The Kier molecular flexibility index (Phi) is 3.55. The van der Waals surface area contributed by atoms with E-state index in [1.54, 1.807) is 0 Å². The van der Waals surface area contributed by atoms with Crippen molar-refractivity contribution in [1.29, 1.82) is 0 Å². The normalized spacial score (nSPS) is 10.3. The van der Waals surface area contributed by atoms with Gasteiger partial charge in [0.15, 0.2) is 5.52 Å². The van der Waals surface area contributed by atoms with Crippen LogP contribution in [0.4, 0.5) is 5.82 Å². The number of rotatable bonds is 1. The minimum atomic E-state index is 0.285. The van der Waals surface area contributed by atoms with Gasteiger partial charge in [0.05, 0.1) is 6.20 Å². The zero-order chi connectivity index (χ0) is 15.5. The lowest BCUT2D eigenvalue weighted by Crippen LogP contribution is -2.00. The summed E-state index contributed by atoms with van der Waals surface area (Å²) in [4.78, 5) is 11.7. The molecule has 0 aliphatic rings. The van der Waals surface area contributed by atoms with Crippen molar-refractivity contribution in [3.05, 3.63) is 59.3 Å². The lowest BCUT2D eigenvalue weighted by Gasteiger charge is -2.02. The zero-order valence-electron chi connectivity index (χ0n) is 12.3. The molecule has 0 aliphatic heterocycles. The standard InChI is InChI=1S/C17H13N5/c1-12(2)22-9-8-14(21-22)6-4-13-5-7-15-16(10-13)20-17(18-3)11-19-15/h5,7-12H,1-2H3. The maximum Gasteiger partial charge on any atom is 0.288 e. The third-order valence-corrected chi connectivity index (χ3v) is 3.12. The fourth-order valence-electron chi connectivity index (χ4n) is 1.96. The Hall–Kier alpha value is -3.18. The summed E-state index contributed by atoms with van der Waals surface area (Å²) in [6.45, 7) is 11.1. The minimum Gasteiger partial charge on any atom is -0.359 e. The van der Waals surface area contributed by atoms with Crippen LogP contribution in [0.15, 0.2) is 36.7 Å². The molecule has 0 spiro atoms. The molecular weight excluding hydrogens is 274 g/mol. The quantitative estimate of drug-likeness (QED) is 0.509. The summed E-state index contributed by atoms with van der Waals surface area (Å²) < 4.78 is 1.87. The van der Waals surface area contributed by atoms with Crippen LogP contribution < -0.4 is 0 Å². The van der Waals surface area contributed by atoms with E-state index >= 15 is 0 Å². The molecule has 0 bridgehead atoms. The topological polar surface area (TPSA) is 48.0 Å². The molecule has 22 heavy (non-hydrogen) atoms. The lowest BCUT2D eigenvalue weighted by molar-refractivity contribution is 0.531. The van der Waals surface area contributed by atoms with E-state index in [2.05, 4.69) is 45.6 Å². The smallest absolute Gasteiger partial charge is 0.288 e. The predicted molar refractivity (Wildman–Crippen MR) is 84.4 cm³/mol. The highest BCUT2D eigenvalue weighted by Gasteiger charge is 2.03. The van der Waals surface area contributed by atoms with Crippen LogP contribution in [0.1, 0.15) is 31.1 Å². The Balaban J connectivity index is 1.94. The van der Waals surface area contributed by atoms with Crippen LogP contribution in [-0.2, 0) is 0 Å². The summed E-state index contributed by atoms with van der Waals surface area (Å²) in [6.07, 6.45) is 3.39. The second kappa shape index (κ2) is 5.67. The van der Waals surface area contributed by atoms with Crippen LogP contribution in [0.5, 0.6) is 0 Å². The van der Waals surface area contributed by atoms with Crippen LogP contribution in [0, 0.1) is 18.4 Å². The van der Waals surface area contributed by atoms with Gasteiger partial charge in [0.1, 0.15) is 11.2 Å². The van der Waals surface area contributed by atoms with Crippen LogP contribution in [0.25, 0.3) is 15.9 Å². The number of fused-ring (bicyclic) bond motifs is 1. The molecule has 0 saturated carbocycles. The van der Waals surface area contributed by atoms with Gasteiger partial charge in [-0.05, 0) is 38.0 Å². The van der Waals surface area contributed by atoms with Gasteiger partial charge in [-0.2, -0.15) is 5.10 Å². The van der Waals surface area contributed by atoms with Crippen molar-refractivity contribution in [3.63, 3.8) is 0 Å². The van der Waals surface area contributed by atoms with E-state index < -0.39 is 0 Å². The molecule has 5 heteroatoms. The van der Waals surface area contributed by atoms with E-state index in [4.69, 9.17) is 6.57 Å². The molecule has 2 heterocycles. The lowest BCUT2D eigenvalue weighted by atomic mass is 10.2. The monoisotopic (exact) mass is 287 g/mol. The molecule has 0 amide bonds. The molecule has 106 valence electrons. The first-order valence-electron chi connectivity index (χ1n) is 6.87. The molecule has 0 radical (unpaired) electrons. The molecule has 0 saturated heterocycles. The van der Waals surface area contributed by atoms with E-state index in [0.717, 1.165) is 16.8 Å². The molecule has 5 nitrogen and oxygen atoms in total. The number of hydrogen-bond acceptors (Lipinski definition) is 3. The number of benzene rings is 1. The highest BCUT2D eigenvalue weighted by molar-refractivity contribution is 5.77. The first kappa shape index (κ1) is 13.8. The van der Waals surface area contributed by atoms with Gasteiger partial charge in [-0.25, -0.2) is 0 Å². The van der Waals surface area contributed by atoms with Gasteiger partial charge in [-0.15, -0.1) is 4.98 Å². The summed E-state index contributed by atoms with van der Waals surface area (Å²) in [5, 5.41) is 4.39. The Morgan fingerprint density at radius 1 is 1.18 bits per heavy atom. The fraction of sp³-hybridized carbons (Fsp3) is 0.176. The Morgan fingerprint density at radius 2 is 2.05 bits per heavy atom. The van der Waals surface area contributed by atoms with E-state index in [9.17, 15) is 0 Å². The Bertz CT molecular complexity index is 935. The molecule has 0 fully saturated rings. The van der Waals surface area contributed by atoms with Gasteiger partial charge in [0, 0.05) is 23.9 Å². The average molecular weight is 287 g/mol. The second-order valence-corrected chi connectivity index (χ2v) is 5.07. The summed E-state index contributed by atoms with van der Waals surface area (Å²) in [5.74, 6) is 6.40. The fourth-order valence-corrected chi connectivity index (χ4v) is 1.96. The van der Waals surface area contributed by atoms with Gasteiger partial charge >= 0.3 is 0 Å². The van der Waals surface area contributed by atoms with Crippen molar-refractivity contribution >= 4 is 16.9 Å². The summed E-state index contributed by atoms with van der Waals surface area (Å²) >= 11 is 0. The van der Waals surface area contributed by atoms with Crippen LogP contribution >= 0.6 is 0 Å². The molecule has 3 aromatic rings. The van der Waals surface area contributed by atoms with Crippen molar-refractivity contribution in [2.45, 2.75) is 19.9 Å². The number of hydrogen-bond donors (Lipinski definition) is 0. The summed E-state index contributed by atoms with van der Waals surface area (Å²) in [7, 11) is 0. The Morgan fingerprint density at radius 3 is 2.77 bits per heavy atom. The van der Waals surface area contributed by atoms with Crippen molar-refractivity contribution in [2.24, 2.45) is 0 Å². The van der Waals surface area contributed by atoms with Crippen molar-refractivity contribution in [1.82, 2.24) is 19.7 Å². The number of nitrogens with zero attached hydrogens (tertiary/aromatic N) is 5. The largest absolute Gasteiger partial charge is 0.359 e. The molecule has 0 aliphatic carbocycles. The summed E-state index contributed by atoms with van der Waals surface area (Å²) in [5.41, 5.74) is 2.98. The molecule has 0 unspecified atom stereocenters. The van der Waals surface area contributed by atoms with Crippen molar-refractivity contribution in [3.8, 4) is 11.8 Å².